The average molecular weight is 460 g/mol. The molecule has 1 aromatic rings. The number of esters is 2. The number of urea groups is 1. The first-order valence-electron chi connectivity index (χ1n) is 11.6. The van der Waals surface area contributed by atoms with Crippen molar-refractivity contribution < 1.29 is 28.6 Å². The molecular weight excluding hydrogens is 426 g/mol. The van der Waals surface area contributed by atoms with Gasteiger partial charge in [-0.05, 0) is 52.8 Å². The molecule has 0 aromatic heterocycles. The molecule has 33 heavy (non-hydrogen) atoms. The van der Waals surface area contributed by atoms with Crippen molar-refractivity contribution >= 4 is 18.0 Å². The number of carbonyl (C=O) groups is 3. The highest BCUT2D eigenvalue weighted by atomic mass is 16.5. The second kappa shape index (κ2) is 11.7. The van der Waals surface area contributed by atoms with E-state index in [4.69, 9.17) is 14.2 Å². The van der Waals surface area contributed by atoms with Crippen LogP contribution in [0.4, 0.5) is 4.79 Å². The van der Waals surface area contributed by atoms with Gasteiger partial charge in [-0.25, -0.2) is 9.59 Å². The number of piperidine rings is 1. The van der Waals surface area contributed by atoms with Crippen LogP contribution in [0, 0.1) is 5.92 Å². The van der Waals surface area contributed by atoms with Crippen LogP contribution in [-0.4, -0.2) is 62.3 Å². The molecule has 3 rings (SSSR count). The summed E-state index contributed by atoms with van der Waals surface area (Å²) in [7, 11) is 0. The fourth-order valence-corrected chi connectivity index (χ4v) is 4.24. The minimum atomic E-state index is -0.701. The topological polar surface area (TPSA) is 106 Å². The standard InChI is InChI=1S/C24H33N3O6/c1-4-31-19-10-8-7-9-17(19)21-20(23(29)33-6-3)18(25-24(30)26-21)15-27-13-11-16(12-14-27)22(28)32-5-2/h7-10,16,21H,4-6,11-15H2,1-3H3,(H2,25,26,30)/t21-/m0/s1. The number of amides is 2. The molecule has 9 heteroatoms. The van der Waals surface area contributed by atoms with E-state index in [-0.39, 0.29) is 18.5 Å². The first kappa shape index (κ1) is 24.6. The van der Waals surface area contributed by atoms with E-state index >= 15 is 0 Å². The number of carbonyl (C=O) groups excluding carboxylic acids is 3. The molecule has 2 N–H and O–H groups in total. The maximum atomic E-state index is 13.0. The van der Waals surface area contributed by atoms with E-state index in [1.165, 1.54) is 0 Å². The predicted molar refractivity (Wildman–Crippen MR) is 121 cm³/mol. The molecule has 1 fully saturated rings. The molecule has 2 amide bonds. The van der Waals surface area contributed by atoms with E-state index in [0.717, 1.165) is 0 Å². The lowest BCUT2D eigenvalue weighted by atomic mass is 9.93. The lowest BCUT2D eigenvalue weighted by Gasteiger charge is -2.35. The second-order valence-electron chi connectivity index (χ2n) is 7.92. The lowest BCUT2D eigenvalue weighted by Crippen LogP contribution is -2.49. The molecule has 0 aliphatic carbocycles. The number of benzene rings is 1. The number of para-hydroxylation sites is 1. The summed E-state index contributed by atoms with van der Waals surface area (Å²) in [6.07, 6.45) is 1.34. The average Bonchev–Trinajstić information content (AvgIpc) is 2.80. The molecule has 0 spiro atoms. The van der Waals surface area contributed by atoms with Crippen LogP contribution in [-0.2, 0) is 19.1 Å². The van der Waals surface area contributed by atoms with E-state index in [1.807, 2.05) is 31.2 Å². The Morgan fingerprint density at radius 1 is 1.03 bits per heavy atom. The molecule has 2 aliphatic heterocycles. The Bertz CT molecular complexity index is 892. The first-order valence-corrected chi connectivity index (χ1v) is 11.6. The fraction of sp³-hybridized carbons (Fsp3) is 0.542. The zero-order valence-electron chi connectivity index (χ0n) is 19.5. The quantitative estimate of drug-likeness (QED) is 0.547. The summed E-state index contributed by atoms with van der Waals surface area (Å²) in [5.41, 5.74) is 1.55. The second-order valence-corrected chi connectivity index (χ2v) is 7.92. The molecule has 9 nitrogen and oxygen atoms in total. The van der Waals surface area contributed by atoms with Gasteiger partial charge in [0.05, 0.1) is 37.4 Å². The summed E-state index contributed by atoms with van der Waals surface area (Å²) in [5, 5.41) is 5.67. The van der Waals surface area contributed by atoms with Crippen molar-refractivity contribution in [3.05, 3.63) is 41.1 Å². The van der Waals surface area contributed by atoms with Gasteiger partial charge < -0.3 is 24.8 Å². The molecule has 0 bridgehead atoms. The van der Waals surface area contributed by atoms with Crippen molar-refractivity contribution in [1.29, 1.82) is 0 Å². The molecule has 1 aromatic carbocycles. The van der Waals surface area contributed by atoms with Crippen LogP contribution in [0.1, 0.15) is 45.2 Å². The van der Waals surface area contributed by atoms with Crippen LogP contribution >= 0.6 is 0 Å². The van der Waals surface area contributed by atoms with E-state index < -0.39 is 18.0 Å². The SMILES string of the molecule is CCOC(=O)C1=C(CN2CCC(C(=O)OCC)CC2)NC(=O)N[C@H]1c1ccccc1OCC. The van der Waals surface area contributed by atoms with E-state index in [2.05, 4.69) is 15.5 Å². The highest BCUT2D eigenvalue weighted by molar-refractivity contribution is 5.95. The monoisotopic (exact) mass is 459 g/mol. The molecule has 0 unspecified atom stereocenters. The molecular formula is C24H33N3O6. The highest BCUT2D eigenvalue weighted by Crippen LogP contribution is 2.34. The summed E-state index contributed by atoms with van der Waals surface area (Å²) < 4.78 is 16.3. The van der Waals surface area contributed by atoms with Crippen LogP contribution in [0.15, 0.2) is 35.5 Å². The maximum Gasteiger partial charge on any atom is 0.338 e. The maximum absolute atomic E-state index is 13.0. The van der Waals surface area contributed by atoms with Crippen molar-refractivity contribution in [2.45, 2.75) is 39.7 Å². The van der Waals surface area contributed by atoms with E-state index in [0.29, 0.717) is 68.3 Å². The molecule has 0 saturated carbocycles. The first-order chi connectivity index (χ1) is 16.0. The van der Waals surface area contributed by atoms with Crippen molar-refractivity contribution in [2.75, 3.05) is 39.5 Å². The van der Waals surface area contributed by atoms with Crippen molar-refractivity contribution in [3.63, 3.8) is 0 Å². The minimum Gasteiger partial charge on any atom is -0.494 e. The van der Waals surface area contributed by atoms with Gasteiger partial charge in [0.1, 0.15) is 5.75 Å². The van der Waals surface area contributed by atoms with Gasteiger partial charge in [-0.2, -0.15) is 0 Å². The molecule has 180 valence electrons. The molecule has 1 atom stereocenters. The van der Waals surface area contributed by atoms with Gasteiger partial charge in [0, 0.05) is 17.8 Å². The Labute approximate surface area is 194 Å². The normalized spacial score (nSPS) is 19.5. The summed E-state index contributed by atoms with van der Waals surface area (Å²) in [5.74, 6) is -0.166. The van der Waals surface area contributed by atoms with Gasteiger partial charge >= 0.3 is 18.0 Å². The van der Waals surface area contributed by atoms with Gasteiger partial charge in [0.2, 0.25) is 0 Å². The Morgan fingerprint density at radius 2 is 1.73 bits per heavy atom. The third kappa shape index (κ3) is 6.04. The lowest BCUT2D eigenvalue weighted by molar-refractivity contribution is -0.149. The van der Waals surface area contributed by atoms with Gasteiger partial charge in [0.15, 0.2) is 0 Å². The van der Waals surface area contributed by atoms with Crippen LogP contribution in [0.3, 0.4) is 0 Å². The Hall–Kier alpha value is -3.07. The summed E-state index contributed by atoms with van der Waals surface area (Å²) >= 11 is 0. The van der Waals surface area contributed by atoms with Crippen LogP contribution in [0.5, 0.6) is 5.75 Å². The molecule has 2 aliphatic rings. The largest absolute Gasteiger partial charge is 0.494 e. The van der Waals surface area contributed by atoms with E-state index in [1.54, 1.807) is 13.8 Å². The molecule has 1 saturated heterocycles. The summed E-state index contributed by atoms with van der Waals surface area (Å²) in [4.78, 5) is 39.8. The zero-order valence-corrected chi connectivity index (χ0v) is 19.5. The number of nitrogens with one attached hydrogen (secondary N) is 2. The van der Waals surface area contributed by atoms with Gasteiger partial charge in [-0.1, -0.05) is 18.2 Å². The number of likely N-dealkylation sites (tertiary alicyclic amines) is 1. The third-order valence-electron chi connectivity index (χ3n) is 5.77. The van der Waals surface area contributed by atoms with Gasteiger partial charge in [0.25, 0.3) is 0 Å². The Balaban J connectivity index is 1.88. The smallest absolute Gasteiger partial charge is 0.338 e. The molecule has 0 radical (unpaired) electrons. The van der Waals surface area contributed by atoms with Gasteiger partial charge in [-0.3, -0.25) is 9.69 Å². The summed E-state index contributed by atoms with van der Waals surface area (Å²) in [6, 6.07) is 6.25. The van der Waals surface area contributed by atoms with Gasteiger partial charge in [-0.15, -0.1) is 0 Å². The fourth-order valence-electron chi connectivity index (χ4n) is 4.24. The van der Waals surface area contributed by atoms with Crippen molar-refractivity contribution in [1.82, 2.24) is 15.5 Å². The van der Waals surface area contributed by atoms with Crippen LogP contribution < -0.4 is 15.4 Å². The number of ether oxygens (including phenoxy) is 3. The van der Waals surface area contributed by atoms with Crippen molar-refractivity contribution in [3.8, 4) is 5.75 Å². The van der Waals surface area contributed by atoms with E-state index in [9.17, 15) is 14.4 Å². The molecule has 2 heterocycles. The summed E-state index contributed by atoms with van der Waals surface area (Å²) in [6.45, 7) is 8.16. The number of hydrogen-bond donors (Lipinski definition) is 2. The Kier molecular flexibility index (Phi) is 8.71. The third-order valence-corrected chi connectivity index (χ3v) is 5.77. The van der Waals surface area contributed by atoms with Crippen LogP contribution in [0.2, 0.25) is 0 Å². The minimum absolute atomic E-state index is 0.117. The Morgan fingerprint density at radius 3 is 2.39 bits per heavy atom. The predicted octanol–water partition coefficient (Wildman–Crippen LogP) is 2.53. The van der Waals surface area contributed by atoms with Crippen molar-refractivity contribution in [2.24, 2.45) is 5.92 Å². The number of hydrogen-bond acceptors (Lipinski definition) is 7. The highest BCUT2D eigenvalue weighted by Gasteiger charge is 2.36. The van der Waals surface area contributed by atoms with Crippen LogP contribution in [0.25, 0.3) is 0 Å². The number of nitrogens with zero attached hydrogens (tertiary/aromatic N) is 1. The number of rotatable bonds is 9. The zero-order chi connectivity index (χ0) is 23.8.